The molecule has 0 radical (unpaired) electrons. The van der Waals surface area contributed by atoms with Gasteiger partial charge in [-0.1, -0.05) is 30.3 Å². The molecule has 2 atom stereocenters. The molecule has 25 heavy (non-hydrogen) atoms. The second-order valence-electron chi connectivity index (χ2n) is 5.46. The van der Waals surface area contributed by atoms with Crippen molar-refractivity contribution in [2.24, 2.45) is 0 Å². The first-order chi connectivity index (χ1) is 12.0. The third-order valence-electron chi connectivity index (χ3n) is 3.84. The molecule has 0 amide bonds. The fourth-order valence-corrected chi connectivity index (χ4v) is 2.60. The zero-order valence-electron chi connectivity index (χ0n) is 12.9. The average molecular weight is 359 g/mol. The van der Waals surface area contributed by atoms with Crippen LogP contribution in [0.4, 0.5) is 22.0 Å². The van der Waals surface area contributed by atoms with Gasteiger partial charge in [-0.3, -0.25) is 0 Å². The third-order valence-corrected chi connectivity index (χ3v) is 3.84. The van der Waals surface area contributed by atoms with Crippen LogP contribution in [0.2, 0.25) is 0 Å². The summed E-state index contributed by atoms with van der Waals surface area (Å²) in [4.78, 5) is 0. The fraction of sp³-hybridized carbons (Fsp3) is 0.294. The molecule has 1 unspecified atom stereocenters. The minimum absolute atomic E-state index is 0.301. The Kier molecular flexibility index (Phi) is 5.19. The summed E-state index contributed by atoms with van der Waals surface area (Å²) < 4.78 is 78.7. The molecule has 134 valence electrons. The van der Waals surface area contributed by atoms with Crippen LogP contribution >= 0.6 is 0 Å². The molecule has 0 aliphatic carbocycles. The van der Waals surface area contributed by atoms with Crippen molar-refractivity contribution in [2.75, 3.05) is 19.7 Å². The van der Waals surface area contributed by atoms with Gasteiger partial charge in [-0.2, -0.15) is 8.78 Å². The van der Waals surface area contributed by atoms with Gasteiger partial charge in [0, 0.05) is 13.1 Å². The molecule has 0 bridgehead atoms. The highest BCUT2D eigenvalue weighted by Crippen LogP contribution is 2.34. The van der Waals surface area contributed by atoms with Crippen LogP contribution in [0.25, 0.3) is 0 Å². The first-order valence-corrected chi connectivity index (χ1v) is 7.56. The van der Waals surface area contributed by atoms with E-state index >= 15 is 0 Å². The van der Waals surface area contributed by atoms with Crippen molar-refractivity contribution >= 4 is 0 Å². The van der Waals surface area contributed by atoms with E-state index in [-0.39, 0.29) is 0 Å². The maximum absolute atomic E-state index is 13.9. The largest absolute Gasteiger partial charge is 0.477 e. The summed E-state index contributed by atoms with van der Waals surface area (Å²) in [6, 6.07) is 8.29. The minimum atomic E-state index is -2.23. The van der Waals surface area contributed by atoms with Gasteiger partial charge in [0.25, 0.3) is 0 Å². The molecule has 3 rings (SSSR count). The highest BCUT2D eigenvalue weighted by Gasteiger charge is 2.33. The molecule has 1 saturated heterocycles. The second kappa shape index (κ2) is 7.37. The molecule has 8 heteroatoms. The first kappa shape index (κ1) is 17.6. The summed E-state index contributed by atoms with van der Waals surface area (Å²) >= 11 is 0. The van der Waals surface area contributed by atoms with Gasteiger partial charge in [-0.05, 0) is 5.56 Å². The van der Waals surface area contributed by atoms with Crippen molar-refractivity contribution in [3.8, 4) is 5.75 Å². The van der Waals surface area contributed by atoms with Gasteiger partial charge in [-0.15, -0.1) is 0 Å². The lowest BCUT2D eigenvalue weighted by molar-refractivity contribution is -0.0458. The maximum atomic E-state index is 13.9. The predicted molar refractivity (Wildman–Crippen MR) is 78.7 cm³/mol. The molecular weight excluding hydrogens is 345 g/mol. The summed E-state index contributed by atoms with van der Waals surface area (Å²) in [6.07, 6.45) is -1.71. The number of halogens is 5. The Morgan fingerprint density at radius 1 is 0.920 bits per heavy atom. The van der Waals surface area contributed by atoms with Crippen LogP contribution in [0.5, 0.6) is 5.75 Å². The van der Waals surface area contributed by atoms with E-state index in [9.17, 15) is 22.0 Å². The lowest BCUT2D eigenvalue weighted by atomic mass is 10.0. The molecule has 0 spiro atoms. The zero-order valence-corrected chi connectivity index (χ0v) is 12.9. The highest BCUT2D eigenvalue weighted by atomic mass is 19.2. The number of rotatable bonds is 4. The topological polar surface area (TPSA) is 30.5 Å². The van der Waals surface area contributed by atoms with Crippen molar-refractivity contribution in [3.05, 3.63) is 65.0 Å². The Bertz CT molecular complexity index is 721. The predicted octanol–water partition coefficient (Wildman–Crippen LogP) is 3.49. The van der Waals surface area contributed by atoms with Crippen molar-refractivity contribution in [1.29, 1.82) is 0 Å². The van der Waals surface area contributed by atoms with Crippen molar-refractivity contribution in [2.45, 2.75) is 12.2 Å². The van der Waals surface area contributed by atoms with Gasteiger partial charge in [0.15, 0.2) is 11.9 Å². The Morgan fingerprint density at radius 2 is 1.52 bits per heavy atom. The SMILES string of the molecule is Fc1c(F)c(F)c(O[C@@H](c2ccccc2)C2CNCCO2)c(F)c1F. The standard InChI is InChI=1S/C17H14F5NO2/c18-11-12(19)14(21)17(15(22)13(11)20)25-16(9-4-2-1-3-5-9)10-8-23-6-7-24-10/h1-5,10,16,23H,6-8H2/t10?,16-/m0/s1. The van der Waals surface area contributed by atoms with Crippen LogP contribution in [0, 0.1) is 29.1 Å². The van der Waals surface area contributed by atoms with E-state index in [0.717, 1.165) is 0 Å². The Labute approximate surface area is 140 Å². The molecule has 1 heterocycles. The number of hydrogen-bond donors (Lipinski definition) is 1. The molecule has 1 fully saturated rings. The van der Waals surface area contributed by atoms with E-state index in [0.29, 0.717) is 25.3 Å². The number of benzene rings is 2. The average Bonchev–Trinajstić information content (AvgIpc) is 2.66. The molecule has 1 aliphatic rings. The lowest BCUT2D eigenvalue weighted by Crippen LogP contribution is -2.43. The third kappa shape index (κ3) is 3.45. The quantitative estimate of drug-likeness (QED) is 0.515. The molecule has 1 aliphatic heterocycles. The monoisotopic (exact) mass is 359 g/mol. The van der Waals surface area contributed by atoms with Crippen molar-refractivity contribution in [1.82, 2.24) is 5.32 Å². The number of nitrogens with one attached hydrogen (secondary N) is 1. The summed E-state index contributed by atoms with van der Waals surface area (Å²) in [5.41, 5.74) is 0.486. The van der Waals surface area contributed by atoms with E-state index in [2.05, 4.69) is 5.32 Å². The Hall–Kier alpha value is -2.19. The first-order valence-electron chi connectivity index (χ1n) is 7.56. The molecule has 0 saturated carbocycles. The molecule has 3 nitrogen and oxygen atoms in total. The smallest absolute Gasteiger partial charge is 0.207 e. The molecule has 2 aromatic rings. The number of morpholine rings is 1. The highest BCUT2D eigenvalue weighted by molar-refractivity contribution is 5.31. The van der Waals surface area contributed by atoms with Gasteiger partial charge in [0.2, 0.25) is 29.1 Å². The van der Waals surface area contributed by atoms with Crippen LogP contribution in [0.15, 0.2) is 30.3 Å². The van der Waals surface area contributed by atoms with Crippen molar-refractivity contribution in [3.63, 3.8) is 0 Å². The van der Waals surface area contributed by atoms with Crippen LogP contribution in [-0.4, -0.2) is 25.8 Å². The molecule has 2 aromatic carbocycles. The van der Waals surface area contributed by atoms with Crippen LogP contribution in [0.1, 0.15) is 11.7 Å². The van der Waals surface area contributed by atoms with E-state index in [1.807, 2.05) is 0 Å². The number of hydrogen-bond acceptors (Lipinski definition) is 3. The summed E-state index contributed by atoms with van der Waals surface area (Å²) in [7, 11) is 0. The van der Waals surface area contributed by atoms with E-state index in [1.165, 1.54) is 0 Å². The van der Waals surface area contributed by atoms with Crippen LogP contribution < -0.4 is 10.1 Å². The zero-order chi connectivity index (χ0) is 18.0. The van der Waals surface area contributed by atoms with Gasteiger partial charge >= 0.3 is 0 Å². The molecular formula is C17H14F5NO2. The fourth-order valence-electron chi connectivity index (χ4n) is 2.60. The van der Waals surface area contributed by atoms with Gasteiger partial charge < -0.3 is 14.8 Å². The second-order valence-corrected chi connectivity index (χ2v) is 5.46. The van der Waals surface area contributed by atoms with Gasteiger partial charge in [0.05, 0.1) is 6.61 Å². The van der Waals surface area contributed by atoms with Crippen LogP contribution in [-0.2, 0) is 4.74 Å². The Morgan fingerprint density at radius 3 is 2.08 bits per heavy atom. The van der Waals surface area contributed by atoms with Crippen molar-refractivity contribution < 1.29 is 31.4 Å². The molecule has 0 aromatic heterocycles. The minimum Gasteiger partial charge on any atom is -0.477 e. The normalized spacial score (nSPS) is 18.8. The summed E-state index contributed by atoms with van der Waals surface area (Å²) in [5, 5.41) is 3.03. The van der Waals surface area contributed by atoms with E-state index < -0.39 is 47.0 Å². The summed E-state index contributed by atoms with van der Waals surface area (Å²) in [6.45, 7) is 1.21. The summed E-state index contributed by atoms with van der Waals surface area (Å²) in [5.74, 6) is -11.7. The molecule has 1 N–H and O–H groups in total. The van der Waals surface area contributed by atoms with E-state index in [1.54, 1.807) is 30.3 Å². The van der Waals surface area contributed by atoms with Gasteiger partial charge in [-0.25, -0.2) is 13.2 Å². The number of ether oxygens (including phenoxy) is 2. The van der Waals surface area contributed by atoms with Crippen LogP contribution in [0.3, 0.4) is 0 Å². The lowest BCUT2D eigenvalue weighted by Gasteiger charge is -2.31. The van der Waals surface area contributed by atoms with Gasteiger partial charge in [0.1, 0.15) is 6.10 Å². The maximum Gasteiger partial charge on any atom is 0.207 e. The van der Waals surface area contributed by atoms with E-state index in [4.69, 9.17) is 9.47 Å². The Balaban J connectivity index is 2.01.